The van der Waals surface area contributed by atoms with E-state index in [-0.39, 0.29) is 6.10 Å². The molecule has 1 aromatic heterocycles. The van der Waals surface area contributed by atoms with Crippen LogP contribution < -0.4 is 0 Å². The van der Waals surface area contributed by atoms with Crippen molar-refractivity contribution >= 4 is 0 Å². The third-order valence-electron chi connectivity index (χ3n) is 3.86. The van der Waals surface area contributed by atoms with Crippen molar-refractivity contribution in [1.29, 1.82) is 0 Å². The molecule has 5 nitrogen and oxygen atoms in total. The van der Waals surface area contributed by atoms with E-state index in [0.29, 0.717) is 5.92 Å². The van der Waals surface area contributed by atoms with E-state index in [1.807, 2.05) is 25.5 Å². The quantitative estimate of drug-likeness (QED) is 0.843. The molecule has 2 heterocycles. The maximum atomic E-state index is 9.56. The highest BCUT2D eigenvalue weighted by molar-refractivity contribution is 4.93. The van der Waals surface area contributed by atoms with Gasteiger partial charge in [-0.25, -0.2) is 0 Å². The number of aromatic nitrogens is 3. The molecule has 2 rings (SSSR count). The van der Waals surface area contributed by atoms with Crippen LogP contribution in [0.5, 0.6) is 0 Å². The second kappa shape index (κ2) is 5.14. The highest BCUT2D eigenvalue weighted by Crippen LogP contribution is 2.21. The lowest BCUT2D eigenvalue weighted by molar-refractivity contribution is 0.0684. The SMILES string of the molecule is Cc1nnc(CN2CCC(C(C)O)CC2)n1C. The summed E-state index contributed by atoms with van der Waals surface area (Å²) in [4.78, 5) is 2.39. The minimum atomic E-state index is -0.172. The van der Waals surface area contributed by atoms with E-state index in [1.165, 1.54) is 0 Å². The molecule has 0 aliphatic carbocycles. The zero-order chi connectivity index (χ0) is 12.4. The van der Waals surface area contributed by atoms with E-state index < -0.39 is 0 Å². The third kappa shape index (κ3) is 2.84. The molecule has 1 aliphatic heterocycles. The lowest BCUT2D eigenvalue weighted by atomic mass is 9.92. The molecule has 96 valence electrons. The maximum Gasteiger partial charge on any atom is 0.146 e. The summed E-state index contributed by atoms with van der Waals surface area (Å²) < 4.78 is 2.04. The van der Waals surface area contributed by atoms with Gasteiger partial charge in [0.05, 0.1) is 12.6 Å². The van der Waals surface area contributed by atoms with Crippen molar-refractivity contribution in [2.24, 2.45) is 13.0 Å². The van der Waals surface area contributed by atoms with Crippen LogP contribution in [0.1, 0.15) is 31.4 Å². The fraction of sp³-hybridized carbons (Fsp3) is 0.833. The molecule has 0 saturated carbocycles. The number of aliphatic hydroxyl groups excluding tert-OH is 1. The Morgan fingerprint density at radius 3 is 2.47 bits per heavy atom. The Hall–Kier alpha value is -0.940. The number of hydrogen-bond donors (Lipinski definition) is 1. The third-order valence-corrected chi connectivity index (χ3v) is 3.86. The fourth-order valence-corrected chi connectivity index (χ4v) is 2.38. The molecule has 1 N–H and O–H groups in total. The minimum Gasteiger partial charge on any atom is -0.393 e. The number of rotatable bonds is 3. The molecule has 0 amide bonds. The van der Waals surface area contributed by atoms with Crippen molar-refractivity contribution in [3.05, 3.63) is 11.6 Å². The van der Waals surface area contributed by atoms with Crippen LogP contribution in [0.15, 0.2) is 0 Å². The Labute approximate surface area is 102 Å². The molecule has 1 atom stereocenters. The average molecular weight is 238 g/mol. The Bertz CT molecular complexity index is 367. The van der Waals surface area contributed by atoms with Crippen LogP contribution in [0, 0.1) is 12.8 Å². The van der Waals surface area contributed by atoms with E-state index in [2.05, 4.69) is 15.1 Å². The van der Waals surface area contributed by atoms with Crippen molar-refractivity contribution in [1.82, 2.24) is 19.7 Å². The Morgan fingerprint density at radius 2 is 2.00 bits per heavy atom. The molecule has 0 spiro atoms. The summed E-state index contributed by atoms with van der Waals surface area (Å²) >= 11 is 0. The summed E-state index contributed by atoms with van der Waals surface area (Å²) in [6.07, 6.45) is 1.98. The van der Waals surface area contributed by atoms with Crippen LogP contribution in [-0.4, -0.2) is 44.0 Å². The van der Waals surface area contributed by atoms with Gasteiger partial charge in [-0.05, 0) is 45.7 Å². The number of aliphatic hydroxyl groups is 1. The summed E-state index contributed by atoms with van der Waals surface area (Å²) in [6, 6.07) is 0. The Morgan fingerprint density at radius 1 is 1.35 bits per heavy atom. The van der Waals surface area contributed by atoms with Gasteiger partial charge in [-0.2, -0.15) is 0 Å². The molecule has 1 unspecified atom stereocenters. The largest absolute Gasteiger partial charge is 0.393 e. The topological polar surface area (TPSA) is 54.2 Å². The molecule has 1 aliphatic rings. The maximum absolute atomic E-state index is 9.56. The van der Waals surface area contributed by atoms with Crippen LogP contribution >= 0.6 is 0 Å². The predicted octanol–water partition coefficient (Wildman–Crippen LogP) is 0.716. The molecule has 0 radical (unpaired) electrons. The lowest BCUT2D eigenvalue weighted by Crippen LogP contribution is -2.37. The van der Waals surface area contributed by atoms with Crippen molar-refractivity contribution in [2.75, 3.05) is 13.1 Å². The van der Waals surface area contributed by atoms with Gasteiger partial charge in [0, 0.05) is 7.05 Å². The van der Waals surface area contributed by atoms with Crippen molar-refractivity contribution in [3.63, 3.8) is 0 Å². The number of hydrogen-bond acceptors (Lipinski definition) is 4. The van der Waals surface area contributed by atoms with Crippen molar-refractivity contribution < 1.29 is 5.11 Å². The van der Waals surface area contributed by atoms with E-state index >= 15 is 0 Å². The van der Waals surface area contributed by atoms with Gasteiger partial charge in [0.15, 0.2) is 0 Å². The first-order valence-corrected chi connectivity index (χ1v) is 6.33. The predicted molar refractivity (Wildman–Crippen MR) is 65.4 cm³/mol. The van der Waals surface area contributed by atoms with Crippen LogP contribution in [-0.2, 0) is 13.6 Å². The van der Waals surface area contributed by atoms with Gasteiger partial charge in [0.1, 0.15) is 11.6 Å². The molecule has 0 aromatic carbocycles. The van der Waals surface area contributed by atoms with Gasteiger partial charge >= 0.3 is 0 Å². The molecule has 5 heteroatoms. The van der Waals surface area contributed by atoms with E-state index in [4.69, 9.17) is 0 Å². The van der Waals surface area contributed by atoms with E-state index in [1.54, 1.807) is 0 Å². The van der Waals surface area contributed by atoms with Gasteiger partial charge < -0.3 is 9.67 Å². The number of nitrogens with zero attached hydrogens (tertiary/aromatic N) is 4. The summed E-state index contributed by atoms with van der Waals surface area (Å²) in [5.41, 5.74) is 0. The van der Waals surface area contributed by atoms with Crippen LogP contribution in [0.4, 0.5) is 0 Å². The van der Waals surface area contributed by atoms with Crippen LogP contribution in [0.3, 0.4) is 0 Å². The number of likely N-dealkylation sites (tertiary alicyclic amines) is 1. The zero-order valence-corrected chi connectivity index (χ0v) is 10.9. The van der Waals surface area contributed by atoms with Crippen LogP contribution in [0.2, 0.25) is 0 Å². The summed E-state index contributed by atoms with van der Waals surface area (Å²) in [5, 5.41) is 17.8. The summed E-state index contributed by atoms with van der Waals surface area (Å²) in [5.74, 6) is 2.45. The molecular formula is C12H22N4O. The van der Waals surface area contributed by atoms with Crippen molar-refractivity contribution in [2.45, 2.75) is 39.3 Å². The molecular weight excluding hydrogens is 216 g/mol. The van der Waals surface area contributed by atoms with Gasteiger partial charge in [0.2, 0.25) is 0 Å². The fourth-order valence-electron chi connectivity index (χ4n) is 2.38. The highest BCUT2D eigenvalue weighted by Gasteiger charge is 2.23. The normalized spacial score (nSPS) is 20.7. The first-order chi connectivity index (χ1) is 8.08. The lowest BCUT2D eigenvalue weighted by Gasteiger charge is -2.32. The molecule has 1 fully saturated rings. The molecule has 1 aromatic rings. The second-order valence-corrected chi connectivity index (χ2v) is 5.08. The standard InChI is InChI=1S/C12H22N4O/c1-9(17)11-4-6-16(7-5-11)8-12-14-13-10(2)15(12)3/h9,11,17H,4-8H2,1-3H3. The molecule has 0 bridgehead atoms. The highest BCUT2D eigenvalue weighted by atomic mass is 16.3. The van der Waals surface area contributed by atoms with Gasteiger partial charge in [-0.15, -0.1) is 10.2 Å². The first kappa shape index (κ1) is 12.5. The second-order valence-electron chi connectivity index (χ2n) is 5.08. The van der Waals surface area contributed by atoms with Gasteiger partial charge in [-0.3, -0.25) is 4.90 Å². The average Bonchev–Trinajstić information content (AvgIpc) is 2.62. The van der Waals surface area contributed by atoms with Gasteiger partial charge in [0.25, 0.3) is 0 Å². The number of aryl methyl sites for hydroxylation is 1. The molecule has 17 heavy (non-hydrogen) atoms. The Balaban J connectivity index is 1.88. The van der Waals surface area contributed by atoms with E-state index in [0.717, 1.165) is 44.1 Å². The molecule has 1 saturated heterocycles. The monoisotopic (exact) mass is 238 g/mol. The van der Waals surface area contributed by atoms with Crippen molar-refractivity contribution in [3.8, 4) is 0 Å². The van der Waals surface area contributed by atoms with E-state index in [9.17, 15) is 5.11 Å². The summed E-state index contributed by atoms with van der Waals surface area (Å²) in [6.45, 7) is 6.81. The first-order valence-electron chi connectivity index (χ1n) is 6.33. The van der Waals surface area contributed by atoms with Gasteiger partial charge in [-0.1, -0.05) is 0 Å². The zero-order valence-electron chi connectivity index (χ0n) is 10.9. The van der Waals surface area contributed by atoms with Crippen LogP contribution in [0.25, 0.3) is 0 Å². The number of piperidine rings is 1. The summed E-state index contributed by atoms with van der Waals surface area (Å²) in [7, 11) is 2.01. The minimum absolute atomic E-state index is 0.172. The Kier molecular flexibility index (Phi) is 3.79. The smallest absolute Gasteiger partial charge is 0.146 e.